The van der Waals surface area contributed by atoms with Crippen LogP contribution in [0.1, 0.15) is 32.1 Å². The summed E-state index contributed by atoms with van der Waals surface area (Å²) in [4.78, 5) is 2.22. The molecule has 1 saturated carbocycles. The maximum Gasteiger partial charge on any atom is 0.0786 e. The van der Waals surface area contributed by atoms with Crippen LogP contribution >= 0.6 is 11.6 Å². The minimum absolute atomic E-state index is 0.753. The van der Waals surface area contributed by atoms with E-state index in [1.165, 1.54) is 32.1 Å². The number of para-hydroxylation sites is 1. The van der Waals surface area contributed by atoms with Crippen LogP contribution in [0, 0.1) is 5.92 Å². The highest BCUT2D eigenvalue weighted by molar-refractivity contribution is 6.33. The molecule has 1 aromatic rings. The minimum Gasteiger partial charge on any atom is -0.397 e. The third-order valence-corrected chi connectivity index (χ3v) is 3.96. The first-order valence-corrected chi connectivity index (χ1v) is 6.81. The summed E-state index contributed by atoms with van der Waals surface area (Å²) in [5, 5.41) is 0.753. The molecule has 0 aliphatic heterocycles. The van der Waals surface area contributed by atoms with Crippen molar-refractivity contribution in [3.05, 3.63) is 23.2 Å². The molecule has 1 aromatic carbocycles. The molecule has 0 spiro atoms. The Hall–Kier alpha value is -0.890. The molecule has 2 rings (SSSR count). The monoisotopic (exact) mass is 252 g/mol. The zero-order chi connectivity index (χ0) is 12.3. The summed E-state index contributed by atoms with van der Waals surface area (Å²) in [6.45, 7) is 1.06. The molecule has 0 bridgehead atoms. The fraction of sp³-hybridized carbons (Fsp3) is 0.571. The molecule has 3 heteroatoms. The summed E-state index contributed by atoms with van der Waals surface area (Å²) in [5.41, 5.74) is 7.76. The third-order valence-electron chi connectivity index (χ3n) is 3.66. The average Bonchev–Trinajstić information content (AvgIpc) is 2.30. The lowest BCUT2D eigenvalue weighted by atomic mass is 9.89. The Morgan fingerprint density at radius 1 is 1.29 bits per heavy atom. The second-order valence-electron chi connectivity index (χ2n) is 5.06. The average molecular weight is 253 g/mol. The van der Waals surface area contributed by atoms with Gasteiger partial charge in [-0.05, 0) is 30.9 Å². The van der Waals surface area contributed by atoms with Crippen LogP contribution < -0.4 is 10.6 Å². The number of hydrogen-bond acceptors (Lipinski definition) is 2. The Kier molecular flexibility index (Phi) is 4.16. The standard InChI is InChI=1S/C14H21ClN2/c1-17(10-11-6-3-2-4-7-11)14-12(15)8-5-9-13(14)16/h5,8-9,11H,2-4,6-7,10,16H2,1H3. The number of halogens is 1. The van der Waals surface area contributed by atoms with Crippen molar-refractivity contribution in [2.45, 2.75) is 32.1 Å². The third kappa shape index (κ3) is 3.06. The Labute approximate surface area is 109 Å². The lowest BCUT2D eigenvalue weighted by molar-refractivity contribution is 0.362. The first-order chi connectivity index (χ1) is 8.18. The molecule has 94 valence electrons. The van der Waals surface area contributed by atoms with Gasteiger partial charge in [0.2, 0.25) is 0 Å². The normalized spacial score (nSPS) is 17.1. The van der Waals surface area contributed by atoms with E-state index in [1.54, 1.807) is 0 Å². The van der Waals surface area contributed by atoms with Gasteiger partial charge in [-0.2, -0.15) is 0 Å². The van der Waals surface area contributed by atoms with Gasteiger partial charge in [0.25, 0.3) is 0 Å². The molecule has 0 amide bonds. The van der Waals surface area contributed by atoms with Crippen LogP contribution in [0.5, 0.6) is 0 Å². The van der Waals surface area contributed by atoms with Gasteiger partial charge >= 0.3 is 0 Å². The van der Waals surface area contributed by atoms with E-state index in [9.17, 15) is 0 Å². The summed E-state index contributed by atoms with van der Waals surface area (Å²) in [7, 11) is 2.09. The molecule has 1 aliphatic rings. The van der Waals surface area contributed by atoms with Crippen molar-refractivity contribution in [1.82, 2.24) is 0 Å². The van der Waals surface area contributed by atoms with Gasteiger partial charge in [0.15, 0.2) is 0 Å². The van der Waals surface area contributed by atoms with Crippen LogP contribution in [-0.4, -0.2) is 13.6 Å². The lowest BCUT2D eigenvalue weighted by Crippen LogP contribution is -2.27. The lowest BCUT2D eigenvalue weighted by Gasteiger charge is -2.29. The Morgan fingerprint density at radius 2 is 2.00 bits per heavy atom. The fourth-order valence-corrected chi connectivity index (χ4v) is 3.11. The van der Waals surface area contributed by atoms with E-state index in [-0.39, 0.29) is 0 Å². The first kappa shape index (κ1) is 12.6. The minimum atomic E-state index is 0.753. The topological polar surface area (TPSA) is 29.3 Å². The van der Waals surface area contributed by atoms with E-state index in [0.717, 1.165) is 28.9 Å². The predicted molar refractivity (Wildman–Crippen MR) is 75.7 cm³/mol. The summed E-state index contributed by atoms with van der Waals surface area (Å²) in [6.07, 6.45) is 6.82. The first-order valence-electron chi connectivity index (χ1n) is 6.43. The number of hydrogen-bond donors (Lipinski definition) is 1. The summed E-state index contributed by atoms with van der Waals surface area (Å²) >= 11 is 6.22. The zero-order valence-corrected chi connectivity index (χ0v) is 11.2. The summed E-state index contributed by atoms with van der Waals surface area (Å²) < 4.78 is 0. The van der Waals surface area contributed by atoms with Crippen LogP contribution in [0.3, 0.4) is 0 Å². The summed E-state index contributed by atoms with van der Waals surface area (Å²) in [5.74, 6) is 0.796. The van der Waals surface area contributed by atoms with E-state index < -0.39 is 0 Å². The number of benzene rings is 1. The SMILES string of the molecule is CN(CC1CCCCC1)c1c(N)cccc1Cl. The Morgan fingerprint density at radius 3 is 2.65 bits per heavy atom. The molecule has 0 heterocycles. The van der Waals surface area contributed by atoms with Crippen LogP contribution in [0.2, 0.25) is 5.02 Å². The number of nitrogen functional groups attached to an aromatic ring is 1. The molecular weight excluding hydrogens is 232 g/mol. The quantitative estimate of drug-likeness (QED) is 0.826. The second kappa shape index (κ2) is 5.63. The molecule has 1 aliphatic carbocycles. The van der Waals surface area contributed by atoms with Crippen molar-refractivity contribution in [2.24, 2.45) is 5.92 Å². The zero-order valence-electron chi connectivity index (χ0n) is 10.5. The van der Waals surface area contributed by atoms with Gasteiger partial charge in [0.05, 0.1) is 16.4 Å². The van der Waals surface area contributed by atoms with Crippen LogP contribution in [0.4, 0.5) is 11.4 Å². The van der Waals surface area contributed by atoms with Gasteiger partial charge in [-0.1, -0.05) is 36.9 Å². The maximum atomic E-state index is 6.22. The summed E-state index contributed by atoms with van der Waals surface area (Å²) in [6, 6.07) is 5.72. The molecular formula is C14H21ClN2. The Balaban J connectivity index is 2.05. The predicted octanol–water partition coefficient (Wildman–Crippen LogP) is 3.94. The molecule has 0 atom stereocenters. The van der Waals surface area contributed by atoms with Gasteiger partial charge < -0.3 is 10.6 Å². The molecule has 2 N–H and O–H groups in total. The number of rotatable bonds is 3. The molecule has 2 nitrogen and oxygen atoms in total. The molecule has 0 unspecified atom stereocenters. The molecule has 0 radical (unpaired) electrons. The van der Waals surface area contributed by atoms with Crippen molar-refractivity contribution in [3.63, 3.8) is 0 Å². The molecule has 0 aromatic heterocycles. The van der Waals surface area contributed by atoms with Crippen molar-refractivity contribution in [1.29, 1.82) is 0 Å². The van der Waals surface area contributed by atoms with E-state index >= 15 is 0 Å². The van der Waals surface area contributed by atoms with Crippen LogP contribution in [-0.2, 0) is 0 Å². The largest absolute Gasteiger partial charge is 0.397 e. The van der Waals surface area contributed by atoms with Crippen molar-refractivity contribution in [2.75, 3.05) is 24.2 Å². The van der Waals surface area contributed by atoms with E-state index in [0.29, 0.717) is 0 Å². The maximum absolute atomic E-state index is 6.22. The van der Waals surface area contributed by atoms with Gasteiger partial charge in [-0.3, -0.25) is 0 Å². The van der Waals surface area contributed by atoms with Crippen molar-refractivity contribution < 1.29 is 0 Å². The van der Waals surface area contributed by atoms with E-state index in [2.05, 4.69) is 11.9 Å². The second-order valence-corrected chi connectivity index (χ2v) is 5.47. The fourth-order valence-electron chi connectivity index (χ4n) is 2.78. The smallest absolute Gasteiger partial charge is 0.0786 e. The van der Waals surface area contributed by atoms with E-state index in [4.69, 9.17) is 17.3 Å². The van der Waals surface area contributed by atoms with E-state index in [1.807, 2.05) is 18.2 Å². The van der Waals surface area contributed by atoms with Crippen LogP contribution in [0.25, 0.3) is 0 Å². The van der Waals surface area contributed by atoms with Crippen molar-refractivity contribution >= 4 is 23.0 Å². The van der Waals surface area contributed by atoms with Crippen molar-refractivity contribution in [3.8, 4) is 0 Å². The number of nitrogens with two attached hydrogens (primary N) is 1. The number of anilines is 2. The molecule has 1 fully saturated rings. The Bertz CT molecular complexity index is 352. The van der Waals surface area contributed by atoms with Gasteiger partial charge in [0, 0.05) is 13.6 Å². The van der Waals surface area contributed by atoms with Gasteiger partial charge in [0.1, 0.15) is 0 Å². The highest BCUT2D eigenvalue weighted by atomic mass is 35.5. The van der Waals surface area contributed by atoms with Gasteiger partial charge in [-0.15, -0.1) is 0 Å². The number of nitrogens with zero attached hydrogens (tertiary/aromatic N) is 1. The van der Waals surface area contributed by atoms with Crippen LogP contribution in [0.15, 0.2) is 18.2 Å². The van der Waals surface area contributed by atoms with Gasteiger partial charge in [-0.25, -0.2) is 0 Å². The highest BCUT2D eigenvalue weighted by Crippen LogP contribution is 2.33. The highest BCUT2D eigenvalue weighted by Gasteiger charge is 2.17. The molecule has 0 saturated heterocycles. The molecule has 17 heavy (non-hydrogen) atoms.